The number of nitrogens with zero attached hydrogens (tertiary/aromatic N) is 1. The highest BCUT2D eigenvalue weighted by Crippen LogP contribution is 2.36. The fraction of sp³-hybridized carbons (Fsp3) is 0.357. The van der Waals surface area contributed by atoms with E-state index in [0.29, 0.717) is 12.1 Å². The van der Waals surface area contributed by atoms with Gasteiger partial charge in [0, 0.05) is 17.5 Å². The zero-order chi connectivity index (χ0) is 16.9. The molecule has 2 aliphatic rings. The Morgan fingerprint density at radius 3 is 2.48 bits per heavy atom. The molecule has 23 heavy (non-hydrogen) atoms. The van der Waals surface area contributed by atoms with Crippen molar-refractivity contribution in [2.75, 3.05) is 0 Å². The molecule has 5 nitrogen and oxygen atoms in total. The summed E-state index contributed by atoms with van der Waals surface area (Å²) < 4.78 is 52.1. The molecule has 0 aliphatic carbocycles. The first-order valence-electron chi connectivity index (χ1n) is 6.73. The average Bonchev–Trinajstić information content (AvgIpc) is 2.76. The van der Waals surface area contributed by atoms with E-state index in [1.807, 2.05) is 0 Å². The number of alkyl halides is 3. The SMILES string of the molecule is O=C1CCC(N2Cc3c(F)cc(C(F)(F)F)cc3C2=O)C(=O)N1. The van der Waals surface area contributed by atoms with Gasteiger partial charge in [0.1, 0.15) is 11.9 Å². The lowest BCUT2D eigenvalue weighted by molar-refractivity contribution is -0.138. The van der Waals surface area contributed by atoms with Gasteiger partial charge in [-0.3, -0.25) is 19.7 Å². The molecule has 0 bridgehead atoms. The van der Waals surface area contributed by atoms with Crippen LogP contribution in [0.4, 0.5) is 17.6 Å². The number of amides is 3. The third-order valence-electron chi connectivity index (χ3n) is 3.93. The third-order valence-corrected chi connectivity index (χ3v) is 3.93. The summed E-state index contributed by atoms with van der Waals surface area (Å²) in [6, 6.07) is -0.0754. The molecule has 0 aromatic heterocycles. The van der Waals surface area contributed by atoms with E-state index in [-0.39, 0.29) is 24.9 Å². The van der Waals surface area contributed by atoms with E-state index >= 15 is 0 Å². The van der Waals surface area contributed by atoms with E-state index in [1.165, 1.54) is 0 Å². The summed E-state index contributed by atoms with van der Waals surface area (Å²) in [6.45, 7) is -0.301. The van der Waals surface area contributed by atoms with Crippen LogP contribution >= 0.6 is 0 Å². The average molecular weight is 330 g/mol. The molecule has 0 spiro atoms. The zero-order valence-corrected chi connectivity index (χ0v) is 11.5. The molecule has 3 amide bonds. The van der Waals surface area contributed by atoms with Crippen LogP contribution in [0, 0.1) is 5.82 Å². The van der Waals surface area contributed by atoms with Crippen molar-refractivity contribution in [3.05, 3.63) is 34.6 Å². The number of fused-ring (bicyclic) bond motifs is 1. The monoisotopic (exact) mass is 330 g/mol. The predicted octanol–water partition coefficient (Wildman–Crippen LogP) is 1.61. The maximum atomic E-state index is 13.9. The Kier molecular flexibility index (Phi) is 3.38. The minimum atomic E-state index is -4.78. The lowest BCUT2D eigenvalue weighted by Gasteiger charge is -2.29. The Morgan fingerprint density at radius 1 is 1.17 bits per heavy atom. The van der Waals surface area contributed by atoms with Crippen molar-refractivity contribution in [3.63, 3.8) is 0 Å². The lowest BCUT2D eigenvalue weighted by Crippen LogP contribution is -2.52. The summed E-state index contributed by atoms with van der Waals surface area (Å²) in [5, 5.41) is 2.06. The van der Waals surface area contributed by atoms with Gasteiger partial charge >= 0.3 is 6.18 Å². The summed E-state index contributed by atoms with van der Waals surface area (Å²) >= 11 is 0. The smallest absolute Gasteiger partial charge is 0.322 e. The number of imide groups is 1. The van der Waals surface area contributed by atoms with Crippen LogP contribution in [0.1, 0.15) is 34.3 Å². The van der Waals surface area contributed by atoms with Gasteiger partial charge in [-0.15, -0.1) is 0 Å². The fourth-order valence-corrected chi connectivity index (χ4v) is 2.78. The fourth-order valence-electron chi connectivity index (χ4n) is 2.78. The number of nitrogens with one attached hydrogen (secondary N) is 1. The second-order valence-electron chi connectivity index (χ2n) is 5.38. The number of hydrogen-bond donors (Lipinski definition) is 1. The van der Waals surface area contributed by atoms with Crippen molar-refractivity contribution < 1.29 is 31.9 Å². The van der Waals surface area contributed by atoms with Crippen LogP contribution in [-0.4, -0.2) is 28.7 Å². The van der Waals surface area contributed by atoms with Crippen LogP contribution in [0.3, 0.4) is 0 Å². The van der Waals surface area contributed by atoms with Crippen molar-refractivity contribution in [2.45, 2.75) is 31.6 Å². The molecule has 1 fully saturated rings. The van der Waals surface area contributed by atoms with Crippen molar-refractivity contribution in [2.24, 2.45) is 0 Å². The number of carbonyl (C=O) groups is 3. The van der Waals surface area contributed by atoms with Crippen LogP contribution in [0.5, 0.6) is 0 Å². The molecule has 1 saturated heterocycles. The van der Waals surface area contributed by atoms with Crippen molar-refractivity contribution in [1.29, 1.82) is 0 Å². The minimum Gasteiger partial charge on any atom is -0.322 e. The van der Waals surface area contributed by atoms with Crippen LogP contribution in [0.25, 0.3) is 0 Å². The summed E-state index contributed by atoms with van der Waals surface area (Å²) in [5.74, 6) is -3.18. The highest BCUT2D eigenvalue weighted by Gasteiger charge is 2.42. The van der Waals surface area contributed by atoms with Gasteiger partial charge in [0.2, 0.25) is 11.8 Å². The highest BCUT2D eigenvalue weighted by molar-refractivity contribution is 6.05. The lowest BCUT2D eigenvalue weighted by atomic mass is 10.0. The molecule has 1 aromatic rings. The molecule has 1 unspecified atom stereocenters. The predicted molar refractivity (Wildman–Crippen MR) is 67.4 cm³/mol. The van der Waals surface area contributed by atoms with E-state index in [1.54, 1.807) is 0 Å². The summed E-state index contributed by atoms with van der Waals surface area (Å²) in [5.41, 5.74) is -1.83. The number of benzene rings is 1. The molecule has 1 atom stereocenters. The van der Waals surface area contributed by atoms with Gasteiger partial charge in [0.05, 0.1) is 12.1 Å². The van der Waals surface area contributed by atoms with Crippen molar-refractivity contribution in [3.8, 4) is 0 Å². The Balaban J connectivity index is 1.95. The second kappa shape index (κ2) is 5.04. The van der Waals surface area contributed by atoms with E-state index in [2.05, 4.69) is 5.32 Å². The van der Waals surface area contributed by atoms with E-state index in [0.717, 1.165) is 4.90 Å². The Bertz CT molecular complexity index is 729. The van der Waals surface area contributed by atoms with E-state index in [9.17, 15) is 31.9 Å². The van der Waals surface area contributed by atoms with E-state index < -0.39 is 46.9 Å². The molecule has 0 radical (unpaired) electrons. The van der Waals surface area contributed by atoms with Gasteiger partial charge in [-0.1, -0.05) is 0 Å². The largest absolute Gasteiger partial charge is 0.416 e. The Labute approximate surface area is 127 Å². The third kappa shape index (κ3) is 2.55. The summed E-state index contributed by atoms with van der Waals surface area (Å²) in [6.07, 6.45) is -4.72. The number of rotatable bonds is 1. The van der Waals surface area contributed by atoms with Crippen molar-refractivity contribution in [1.82, 2.24) is 10.2 Å². The van der Waals surface area contributed by atoms with Gasteiger partial charge in [0.25, 0.3) is 5.91 Å². The first kappa shape index (κ1) is 15.4. The highest BCUT2D eigenvalue weighted by atomic mass is 19.4. The van der Waals surface area contributed by atoms with Gasteiger partial charge in [-0.05, 0) is 18.6 Å². The van der Waals surface area contributed by atoms with Crippen LogP contribution in [0.2, 0.25) is 0 Å². The maximum Gasteiger partial charge on any atom is 0.416 e. The molecule has 1 N–H and O–H groups in total. The first-order valence-corrected chi connectivity index (χ1v) is 6.73. The number of hydrogen-bond acceptors (Lipinski definition) is 3. The van der Waals surface area contributed by atoms with Gasteiger partial charge < -0.3 is 4.90 Å². The van der Waals surface area contributed by atoms with Crippen LogP contribution in [0.15, 0.2) is 12.1 Å². The molecular formula is C14H10F4N2O3. The topological polar surface area (TPSA) is 66.5 Å². The number of carbonyl (C=O) groups excluding carboxylic acids is 3. The molecule has 122 valence electrons. The minimum absolute atomic E-state index is 0.00676. The molecule has 0 saturated carbocycles. The second-order valence-corrected chi connectivity index (χ2v) is 5.38. The normalized spacial score (nSPS) is 21.5. The molecular weight excluding hydrogens is 320 g/mol. The van der Waals surface area contributed by atoms with Gasteiger partial charge in [-0.25, -0.2) is 4.39 Å². The van der Waals surface area contributed by atoms with Gasteiger partial charge in [-0.2, -0.15) is 13.2 Å². The number of halogens is 4. The molecule has 9 heteroatoms. The molecule has 1 aromatic carbocycles. The zero-order valence-electron chi connectivity index (χ0n) is 11.5. The maximum absolute atomic E-state index is 13.9. The molecule has 2 heterocycles. The molecule has 2 aliphatic heterocycles. The van der Waals surface area contributed by atoms with Crippen LogP contribution < -0.4 is 5.32 Å². The molecule has 3 rings (SSSR count). The van der Waals surface area contributed by atoms with Gasteiger partial charge in [0.15, 0.2) is 0 Å². The Morgan fingerprint density at radius 2 is 1.87 bits per heavy atom. The van der Waals surface area contributed by atoms with E-state index in [4.69, 9.17) is 0 Å². The quantitative estimate of drug-likeness (QED) is 0.628. The number of piperidine rings is 1. The summed E-state index contributed by atoms with van der Waals surface area (Å²) in [4.78, 5) is 36.2. The van der Waals surface area contributed by atoms with Crippen molar-refractivity contribution >= 4 is 17.7 Å². The standard InChI is InChI=1S/C14H10F4N2O3/c15-9-4-6(14(16,17)18)3-7-8(9)5-20(13(7)23)10-1-2-11(21)19-12(10)22/h3-4,10H,1-2,5H2,(H,19,21,22). The first-order chi connectivity index (χ1) is 10.7. The summed E-state index contributed by atoms with van der Waals surface area (Å²) in [7, 11) is 0. The Hall–Kier alpha value is -2.45. The van der Waals surface area contributed by atoms with Crippen LogP contribution in [-0.2, 0) is 22.3 Å².